The fraction of sp³-hybridized carbons (Fsp3) is 0.739. The lowest BCUT2D eigenvalue weighted by molar-refractivity contribution is -0.165. The van der Waals surface area contributed by atoms with Crippen molar-refractivity contribution in [3.8, 4) is 0 Å². The van der Waals surface area contributed by atoms with Gasteiger partial charge in [-0.05, 0) is 61.7 Å². The fourth-order valence-corrected chi connectivity index (χ4v) is 6.04. The summed E-state index contributed by atoms with van der Waals surface area (Å²) in [6, 6.07) is 0. The number of hydrogen-bond donors (Lipinski definition) is 1. The molecule has 0 aromatic rings. The summed E-state index contributed by atoms with van der Waals surface area (Å²) in [4.78, 5) is 25.3. The van der Waals surface area contributed by atoms with E-state index in [1.54, 1.807) is 0 Å². The molecular weight excluding hydrogens is 356 g/mol. The van der Waals surface area contributed by atoms with E-state index < -0.39 is 17.5 Å². The highest BCUT2D eigenvalue weighted by Crippen LogP contribution is 2.61. The van der Waals surface area contributed by atoms with Crippen LogP contribution < -0.4 is 0 Å². The SMILES string of the molecule is COC(=O)[C@]1(O)C=C(OC)C(=O)[C@@H]1C[C@@]1(C)CC[C@]2(C)C(C)=CCC[C@H]2[C@H]1C. The molecule has 0 aromatic heterocycles. The number of ether oxygens (including phenoxy) is 2. The molecule has 5 nitrogen and oxygen atoms in total. The second-order valence-electron chi connectivity index (χ2n) is 9.58. The molecule has 5 heteroatoms. The summed E-state index contributed by atoms with van der Waals surface area (Å²) in [5.41, 5.74) is -0.431. The Bertz CT molecular complexity index is 737. The van der Waals surface area contributed by atoms with Crippen molar-refractivity contribution in [1.82, 2.24) is 0 Å². The van der Waals surface area contributed by atoms with E-state index in [0.29, 0.717) is 18.3 Å². The van der Waals surface area contributed by atoms with Crippen LogP contribution in [0.15, 0.2) is 23.5 Å². The van der Waals surface area contributed by atoms with Crippen LogP contribution in [0.25, 0.3) is 0 Å². The molecule has 1 saturated carbocycles. The van der Waals surface area contributed by atoms with Crippen LogP contribution in [-0.4, -0.2) is 36.7 Å². The van der Waals surface area contributed by atoms with Crippen LogP contribution >= 0.6 is 0 Å². The molecule has 0 saturated heterocycles. The zero-order valence-electron chi connectivity index (χ0n) is 18.0. The Kier molecular flexibility index (Phi) is 5.28. The molecule has 3 rings (SSSR count). The van der Waals surface area contributed by atoms with Gasteiger partial charge in [-0.25, -0.2) is 4.79 Å². The van der Waals surface area contributed by atoms with E-state index >= 15 is 0 Å². The Balaban J connectivity index is 1.91. The van der Waals surface area contributed by atoms with E-state index in [0.717, 1.165) is 25.7 Å². The Labute approximate surface area is 168 Å². The van der Waals surface area contributed by atoms with Gasteiger partial charge in [0, 0.05) is 6.08 Å². The molecule has 3 aliphatic rings. The molecule has 1 N–H and O–H groups in total. The highest BCUT2D eigenvalue weighted by Gasteiger charge is 2.58. The predicted octanol–water partition coefficient (Wildman–Crippen LogP) is 3.81. The maximum atomic E-state index is 12.9. The van der Waals surface area contributed by atoms with Crippen LogP contribution in [0.2, 0.25) is 0 Å². The standard InChI is InChI=1S/C23H34O5/c1-14-8-7-9-16-15(2)21(3,10-11-22(14,16)4)12-17-19(24)18(27-5)13-23(17,26)20(25)28-6/h8,13,15-17,26H,7,9-12H2,1-6H3/t15-,16+,17+,21-,22-,23+/m1/s1. The molecule has 1 fully saturated rings. The van der Waals surface area contributed by atoms with Gasteiger partial charge in [0.05, 0.1) is 20.1 Å². The van der Waals surface area contributed by atoms with E-state index in [9.17, 15) is 14.7 Å². The van der Waals surface area contributed by atoms with Crippen molar-refractivity contribution in [2.24, 2.45) is 28.6 Å². The zero-order chi connectivity index (χ0) is 20.9. The second kappa shape index (κ2) is 7.01. The van der Waals surface area contributed by atoms with Crippen molar-refractivity contribution in [3.05, 3.63) is 23.5 Å². The number of Topliss-reactive ketones (excluding diaryl/α,β-unsaturated/α-hetero) is 1. The molecular formula is C23H34O5. The Morgan fingerprint density at radius 2 is 1.96 bits per heavy atom. The van der Waals surface area contributed by atoms with Gasteiger partial charge >= 0.3 is 5.97 Å². The van der Waals surface area contributed by atoms with E-state index in [1.165, 1.54) is 25.9 Å². The van der Waals surface area contributed by atoms with Gasteiger partial charge in [0.15, 0.2) is 11.4 Å². The molecule has 0 unspecified atom stereocenters. The van der Waals surface area contributed by atoms with Crippen LogP contribution in [0.1, 0.15) is 59.8 Å². The number of carbonyl (C=O) groups excluding carboxylic acids is 2. The number of fused-ring (bicyclic) bond motifs is 1. The molecule has 28 heavy (non-hydrogen) atoms. The molecule has 0 aliphatic heterocycles. The molecule has 156 valence electrons. The van der Waals surface area contributed by atoms with Crippen LogP contribution in [-0.2, 0) is 19.1 Å². The van der Waals surface area contributed by atoms with Crippen LogP contribution in [0.5, 0.6) is 0 Å². The van der Waals surface area contributed by atoms with E-state index in [4.69, 9.17) is 9.47 Å². The number of ketones is 1. The first-order valence-corrected chi connectivity index (χ1v) is 10.3. The topological polar surface area (TPSA) is 72.8 Å². The lowest BCUT2D eigenvalue weighted by Gasteiger charge is -2.56. The minimum atomic E-state index is -1.96. The van der Waals surface area contributed by atoms with Crippen molar-refractivity contribution < 1.29 is 24.2 Å². The van der Waals surface area contributed by atoms with Crippen molar-refractivity contribution in [3.63, 3.8) is 0 Å². The molecule has 3 aliphatic carbocycles. The summed E-state index contributed by atoms with van der Waals surface area (Å²) in [7, 11) is 2.62. The van der Waals surface area contributed by atoms with Crippen molar-refractivity contribution >= 4 is 11.8 Å². The molecule has 0 bridgehead atoms. The first-order valence-electron chi connectivity index (χ1n) is 10.3. The minimum absolute atomic E-state index is 0.0474. The van der Waals surface area contributed by atoms with Gasteiger partial charge < -0.3 is 14.6 Å². The number of rotatable bonds is 4. The zero-order valence-corrected chi connectivity index (χ0v) is 18.0. The van der Waals surface area contributed by atoms with E-state index in [-0.39, 0.29) is 22.4 Å². The maximum Gasteiger partial charge on any atom is 0.342 e. The summed E-state index contributed by atoms with van der Waals surface area (Å²) < 4.78 is 9.97. The predicted molar refractivity (Wildman–Crippen MR) is 106 cm³/mol. The molecule has 0 aromatic carbocycles. The van der Waals surface area contributed by atoms with E-state index in [2.05, 4.69) is 33.8 Å². The van der Waals surface area contributed by atoms with E-state index in [1.807, 2.05) is 0 Å². The smallest absolute Gasteiger partial charge is 0.342 e. The minimum Gasteiger partial charge on any atom is -0.493 e. The summed E-state index contributed by atoms with van der Waals surface area (Å²) in [5, 5.41) is 11.1. The number of carbonyl (C=O) groups is 2. The van der Waals surface area contributed by atoms with Crippen LogP contribution in [0, 0.1) is 28.6 Å². The first-order chi connectivity index (χ1) is 13.0. The quantitative estimate of drug-likeness (QED) is 0.584. The highest BCUT2D eigenvalue weighted by atomic mass is 16.5. The summed E-state index contributed by atoms with van der Waals surface area (Å²) in [6.07, 6.45) is 8.30. The lowest BCUT2D eigenvalue weighted by atomic mass is 9.48. The second-order valence-corrected chi connectivity index (χ2v) is 9.58. The normalized spacial score (nSPS) is 43.1. The van der Waals surface area contributed by atoms with Crippen molar-refractivity contribution in [1.29, 1.82) is 0 Å². The Hall–Kier alpha value is -1.62. The third-order valence-electron chi connectivity index (χ3n) is 8.41. The number of hydrogen-bond acceptors (Lipinski definition) is 5. The third kappa shape index (κ3) is 2.94. The molecule has 6 atom stereocenters. The Morgan fingerprint density at radius 3 is 2.57 bits per heavy atom. The van der Waals surface area contributed by atoms with Crippen molar-refractivity contribution in [2.75, 3.05) is 14.2 Å². The third-order valence-corrected chi connectivity index (χ3v) is 8.41. The number of allylic oxidation sites excluding steroid dienone is 3. The van der Waals surface area contributed by atoms with Crippen LogP contribution in [0.3, 0.4) is 0 Å². The summed E-state index contributed by atoms with van der Waals surface area (Å²) >= 11 is 0. The average molecular weight is 391 g/mol. The van der Waals surface area contributed by atoms with Gasteiger partial charge in [-0.2, -0.15) is 0 Å². The first kappa shape index (κ1) is 21.1. The largest absolute Gasteiger partial charge is 0.493 e. The van der Waals surface area contributed by atoms with Gasteiger partial charge in [0.2, 0.25) is 5.78 Å². The average Bonchev–Trinajstić information content (AvgIpc) is 2.92. The highest BCUT2D eigenvalue weighted by molar-refractivity contribution is 6.05. The van der Waals surface area contributed by atoms with Gasteiger partial charge in [-0.3, -0.25) is 4.79 Å². The molecule has 0 heterocycles. The molecule has 0 amide bonds. The number of aliphatic hydroxyl groups is 1. The summed E-state index contributed by atoms with van der Waals surface area (Å²) in [6.45, 7) is 9.10. The summed E-state index contributed by atoms with van der Waals surface area (Å²) in [5.74, 6) is -1.02. The molecule has 0 radical (unpaired) electrons. The fourth-order valence-electron chi connectivity index (χ4n) is 6.04. The Morgan fingerprint density at radius 1 is 1.29 bits per heavy atom. The van der Waals surface area contributed by atoms with Crippen molar-refractivity contribution in [2.45, 2.75) is 65.4 Å². The van der Waals surface area contributed by atoms with Gasteiger partial charge in [0.25, 0.3) is 0 Å². The molecule has 0 spiro atoms. The maximum absolute atomic E-state index is 12.9. The lowest BCUT2D eigenvalue weighted by Crippen LogP contribution is -2.51. The van der Waals surface area contributed by atoms with Gasteiger partial charge in [-0.15, -0.1) is 0 Å². The number of methoxy groups -OCH3 is 2. The number of esters is 1. The monoisotopic (exact) mass is 390 g/mol. The van der Waals surface area contributed by atoms with Crippen LogP contribution in [0.4, 0.5) is 0 Å². The van der Waals surface area contributed by atoms with Gasteiger partial charge in [-0.1, -0.05) is 32.4 Å². The van der Waals surface area contributed by atoms with Gasteiger partial charge in [0.1, 0.15) is 0 Å².